The van der Waals surface area contributed by atoms with E-state index in [0.29, 0.717) is 18.5 Å². The summed E-state index contributed by atoms with van der Waals surface area (Å²) >= 11 is 0. The Balaban J connectivity index is 1.63. The highest BCUT2D eigenvalue weighted by Gasteiger charge is 2.21. The van der Waals surface area contributed by atoms with E-state index in [1.165, 1.54) is 11.1 Å². The highest BCUT2D eigenvalue weighted by atomic mass is 16.2. The summed E-state index contributed by atoms with van der Waals surface area (Å²) in [6.07, 6.45) is 1.51. The van der Waals surface area contributed by atoms with Crippen LogP contribution in [0.3, 0.4) is 0 Å². The lowest BCUT2D eigenvalue weighted by Gasteiger charge is -2.16. The third-order valence-electron chi connectivity index (χ3n) is 4.45. The van der Waals surface area contributed by atoms with Crippen LogP contribution in [0.4, 0.5) is 5.69 Å². The first-order chi connectivity index (χ1) is 11.5. The Labute approximate surface area is 142 Å². The molecule has 1 aliphatic rings. The first kappa shape index (κ1) is 16.2. The molecule has 0 radical (unpaired) electrons. The Morgan fingerprint density at radius 3 is 2.50 bits per heavy atom. The van der Waals surface area contributed by atoms with Gasteiger partial charge in [-0.2, -0.15) is 0 Å². The summed E-state index contributed by atoms with van der Waals surface area (Å²) < 4.78 is 0. The van der Waals surface area contributed by atoms with Crippen LogP contribution >= 0.6 is 0 Å². The molecular weight excluding hydrogens is 300 g/mol. The molecule has 1 aliphatic heterocycles. The van der Waals surface area contributed by atoms with E-state index in [-0.39, 0.29) is 11.8 Å². The maximum absolute atomic E-state index is 12.3. The summed E-state index contributed by atoms with van der Waals surface area (Å²) in [5, 5.41) is 2.95. The highest BCUT2D eigenvalue weighted by Crippen LogP contribution is 2.21. The predicted octanol–water partition coefficient (Wildman–Crippen LogP) is 3.36. The van der Waals surface area contributed by atoms with Crippen LogP contribution in [0.5, 0.6) is 0 Å². The molecule has 124 valence electrons. The van der Waals surface area contributed by atoms with Crippen molar-refractivity contribution in [2.75, 3.05) is 11.4 Å². The number of hydrogen-bond donors (Lipinski definition) is 1. The standard InChI is InChI=1S/C20H22N2O2/c1-14-5-6-17(15(2)12-14)13-21-20(24)16-7-9-18(10-8-16)22-11-3-4-19(22)23/h5-10,12H,3-4,11,13H2,1-2H3,(H,21,24). The largest absolute Gasteiger partial charge is 0.348 e. The quantitative estimate of drug-likeness (QED) is 0.938. The molecule has 0 aliphatic carbocycles. The predicted molar refractivity (Wildman–Crippen MR) is 95.1 cm³/mol. The Kier molecular flexibility index (Phi) is 4.65. The van der Waals surface area contributed by atoms with Gasteiger partial charge in [-0.3, -0.25) is 9.59 Å². The van der Waals surface area contributed by atoms with Crippen molar-refractivity contribution in [1.82, 2.24) is 5.32 Å². The Morgan fingerprint density at radius 1 is 1.12 bits per heavy atom. The third-order valence-corrected chi connectivity index (χ3v) is 4.45. The third kappa shape index (κ3) is 3.48. The summed E-state index contributed by atoms with van der Waals surface area (Å²) in [5.41, 5.74) is 4.99. The second-order valence-corrected chi connectivity index (χ2v) is 6.31. The lowest BCUT2D eigenvalue weighted by molar-refractivity contribution is -0.117. The minimum Gasteiger partial charge on any atom is -0.348 e. The normalized spacial score (nSPS) is 14.1. The molecule has 1 fully saturated rings. The van der Waals surface area contributed by atoms with Crippen molar-refractivity contribution in [3.8, 4) is 0 Å². The number of rotatable bonds is 4. The first-order valence-electron chi connectivity index (χ1n) is 8.29. The molecule has 0 unspecified atom stereocenters. The van der Waals surface area contributed by atoms with Crippen LogP contribution < -0.4 is 10.2 Å². The van der Waals surface area contributed by atoms with Crippen molar-refractivity contribution in [3.63, 3.8) is 0 Å². The minimum absolute atomic E-state index is 0.103. The van der Waals surface area contributed by atoms with E-state index in [1.54, 1.807) is 17.0 Å². The van der Waals surface area contributed by atoms with Gasteiger partial charge in [0.15, 0.2) is 0 Å². The van der Waals surface area contributed by atoms with Crippen molar-refractivity contribution in [3.05, 3.63) is 64.7 Å². The van der Waals surface area contributed by atoms with E-state index in [1.807, 2.05) is 18.2 Å². The molecule has 2 amide bonds. The van der Waals surface area contributed by atoms with Gasteiger partial charge in [-0.25, -0.2) is 0 Å². The lowest BCUT2D eigenvalue weighted by Crippen LogP contribution is -2.25. The molecule has 0 spiro atoms. The van der Waals surface area contributed by atoms with Crippen molar-refractivity contribution < 1.29 is 9.59 Å². The molecule has 0 bridgehead atoms. The van der Waals surface area contributed by atoms with E-state index in [0.717, 1.165) is 24.2 Å². The molecule has 24 heavy (non-hydrogen) atoms. The summed E-state index contributed by atoms with van der Waals surface area (Å²) in [4.78, 5) is 25.8. The van der Waals surface area contributed by atoms with Crippen LogP contribution in [0.1, 0.15) is 39.9 Å². The average molecular weight is 322 g/mol. The summed E-state index contributed by atoms with van der Waals surface area (Å²) in [6, 6.07) is 13.5. The number of carbonyl (C=O) groups excluding carboxylic acids is 2. The fourth-order valence-corrected chi connectivity index (χ4v) is 3.04. The zero-order chi connectivity index (χ0) is 17.1. The van der Waals surface area contributed by atoms with Gasteiger partial charge in [-0.05, 0) is 55.7 Å². The van der Waals surface area contributed by atoms with E-state index in [4.69, 9.17) is 0 Å². The SMILES string of the molecule is Cc1ccc(CNC(=O)c2ccc(N3CCCC3=O)cc2)c(C)c1. The topological polar surface area (TPSA) is 49.4 Å². The van der Waals surface area contributed by atoms with Gasteiger partial charge in [-0.1, -0.05) is 23.8 Å². The van der Waals surface area contributed by atoms with E-state index < -0.39 is 0 Å². The van der Waals surface area contributed by atoms with Crippen molar-refractivity contribution >= 4 is 17.5 Å². The average Bonchev–Trinajstić information content (AvgIpc) is 3.00. The van der Waals surface area contributed by atoms with Gasteiger partial charge in [0.1, 0.15) is 0 Å². The number of nitrogens with one attached hydrogen (secondary N) is 1. The molecule has 0 atom stereocenters. The smallest absolute Gasteiger partial charge is 0.251 e. The molecule has 3 rings (SSSR count). The van der Waals surface area contributed by atoms with Gasteiger partial charge >= 0.3 is 0 Å². The monoisotopic (exact) mass is 322 g/mol. The van der Waals surface area contributed by atoms with Crippen molar-refractivity contribution in [2.45, 2.75) is 33.2 Å². The number of benzene rings is 2. The van der Waals surface area contributed by atoms with Gasteiger partial charge in [0, 0.05) is 30.8 Å². The molecule has 4 heteroatoms. The van der Waals surface area contributed by atoms with Crippen molar-refractivity contribution in [2.24, 2.45) is 0 Å². The molecular formula is C20H22N2O2. The second-order valence-electron chi connectivity index (χ2n) is 6.31. The van der Waals surface area contributed by atoms with Gasteiger partial charge < -0.3 is 10.2 Å². The van der Waals surface area contributed by atoms with Crippen molar-refractivity contribution in [1.29, 1.82) is 0 Å². The molecule has 1 saturated heterocycles. The first-order valence-corrected chi connectivity index (χ1v) is 8.29. The Morgan fingerprint density at radius 2 is 1.88 bits per heavy atom. The van der Waals surface area contributed by atoms with E-state index in [2.05, 4.69) is 31.3 Å². The summed E-state index contributed by atoms with van der Waals surface area (Å²) in [5.74, 6) is 0.0521. The number of anilines is 1. The van der Waals surface area contributed by atoms with Crippen LogP contribution in [0, 0.1) is 13.8 Å². The van der Waals surface area contributed by atoms with Gasteiger partial charge in [0.2, 0.25) is 5.91 Å². The van der Waals surface area contributed by atoms with Crippen LogP contribution in [-0.2, 0) is 11.3 Å². The highest BCUT2D eigenvalue weighted by molar-refractivity contribution is 5.97. The zero-order valence-electron chi connectivity index (χ0n) is 14.1. The Hall–Kier alpha value is -2.62. The molecule has 1 N–H and O–H groups in total. The number of aryl methyl sites for hydroxylation is 2. The zero-order valence-corrected chi connectivity index (χ0v) is 14.1. The second kappa shape index (κ2) is 6.87. The molecule has 1 heterocycles. The lowest BCUT2D eigenvalue weighted by atomic mass is 10.1. The van der Waals surface area contributed by atoms with Gasteiger partial charge in [0.05, 0.1) is 0 Å². The van der Waals surface area contributed by atoms with E-state index in [9.17, 15) is 9.59 Å². The van der Waals surface area contributed by atoms with E-state index >= 15 is 0 Å². The number of hydrogen-bond acceptors (Lipinski definition) is 2. The number of nitrogens with zero attached hydrogens (tertiary/aromatic N) is 1. The fourth-order valence-electron chi connectivity index (χ4n) is 3.04. The van der Waals surface area contributed by atoms with Gasteiger partial charge in [-0.15, -0.1) is 0 Å². The molecule has 2 aromatic rings. The molecule has 4 nitrogen and oxygen atoms in total. The minimum atomic E-state index is -0.103. The molecule has 0 aromatic heterocycles. The summed E-state index contributed by atoms with van der Waals surface area (Å²) in [7, 11) is 0. The number of amides is 2. The van der Waals surface area contributed by atoms with Crippen LogP contribution in [0.25, 0.3) is 0 Å². The van der Waals surface area contributed by atoms with Crippen LogP contribution in [0.15, 0.2) is 42.5 Å². The maximum Gasteiger partial charge on any atom is 0.251 e. The maximum atomic E-state index is 12.3. The number of carbonyl (C=O) groups is 2. The molecule has 0 saturated carbocycles. The fraction of sp³-hybridized carbons (Fsp3) is 0.300. The van der Waals surface area contributed by atoms with Gasteiger partial charge in [0.25, 0.3) is 5.91 Å². The Bertz CT molecular complexity index is 766. The summed E-state index contributed by atoms with van der Waals surface area (Å²) in [6.45, 7) is 5.38. The van der Waals surface area contributed by atoms with Crippen LogP contribution in [0.2, 0.25) is 0 Å². The van der Waals surface area contributed by atoms with Crippen LogP contribution in [-0.4, -0.2) is 18.4 Å². The molecule has 2 aromatic carbocycles.